The summed E-state index contributed by atoms with van der Waals surface area (Å²) in [6.45, 7) is 1.47. The molecule has 0 spiro atoms. The zero-order valence-electron chi connectivity index (χ0n) is 25.9. The van der Waals surface area contributed by atoms with Crippen molar-refractivity contribution in [3.63, 3.8) is 0 Å². The van der Waals surface area contributed by atoms with Crippen LogP contribution in [0.1, 0.15) is 36.6 Å². The Morgan fingerprint density at radius 1 is 1.00 bits per heavy atom. The van der Waals surface area contributed by atoms with Gasteiger partial charge < -0.3 is 24.9 Å². The lowest BCUT2D eigenvalue weighted by Gasteiger charge is -2.23. The summed E-state index contributed by atoms with van der Waals surface area (Å²) < 4.78 is 7.17. The lowest BCUT2D eigenvalue weighted by atomic mass is 10.0. The Morgan fingerprint density at radius 3 is 2.49 bits per heavy atom. The van der Waals surface area contributed by atoms with Crippen LogP contribution in [-0.4, -0.2) is 75.5 Å². The summed E-state index contributed by atoms with van der Waals surface area (Å²) in [5.41, 5.74) is 8.82. The Kier molecular flexibility index (Phi) is 7.63. The van der Waals surface area contributed by atoms with Crippen molar-refractivity contribution in [3.8, 4) is 33.5 Å². The smallest absolute Gasteiger partial charge is 0.407 e. The highest BCUT2D eigenvalue weighted by atomic mass is 32.1. The van der Waals surface area contributed by atoms with E-state index in [-0.39, 0.29) is 24.5 Å². The third-order valence-electron chi connectivity index (χ3n) is 9.12. The number of methoxy groups -OCH3 is 1. The molecule has 2 amide bonds. The van der Waals surface area contributed by atoms with E-state index < -0.39 is 6.09 Å². The standard InChI is InChI=1S/C35H33N7O3S2/c1-41-13-3-5-28(41)34-38-25-12-11-22(15-26(25)39-34)24-19-47-31-23(18-46-32(24)31)20-7-9-21(10-8-20)27-16-36-33(40-27)29-6-4-14-42(29)30(43)17-37-35(44)45-2/h3,5,7-12,15-16,18-19,28-29H,4,6,13-14,17H2,1-2H3,(H,36,40)(H,37,44)(H,38,39). The van der Waals surface area contributed by atoms with E-state index in [9.17, 15) is 9.59 Å². The third kappa shape index (κ3) is 5.41. The van der Waals surface area contributed by atoms with E-state index in [2.05, 4.69) is 102 Å². The molecule has 238 valence electrons. The second-order valence-electron chi connectivity index (χ2n) is 12.0. The molecule has 47 heavy (non-hydrogen) atoms. The zero-order chi connectivity index (χ0) is 32.1. The quantitative estimate of drug-likeness (QED) is 0.157. The highest BCUT2D eigenvalue weighted by Crippen LogP contribution is 2.44. The van der Waals surface area contributed by atoms with Crippen LogP contribution >= 0.6 is 22.7 Å². The molecule has 12 heteroatoms. The van der Waals surface area contributed by atoms with Gasteiger partial charge in [0.25, 0.3) is 0 Å². The summed E-state index contributed by atoms with van der Waals surface area (Å²) in [4.78, 5) is 44.8. The first kappa shape index (κ1) is 29.6. The number of carbonyl (C=O) groups excluding carboxylic acids is 2. The molecule has 2 aliphatic rings. The number of aromatic amines is 2. The van der Waals surface area contributed by atoms with Gasteiger partial charge >= 0.3 is 6.09 Å². The van der Waals surface area contributed by atoms with Crippen LogP contribution in [0.25, 0.3) is 53.9 Å². The average molecular weight is 664 g/mol. The van der Waals surface area contributed by atoms with Crippen molar-refractivity contribution < 1.29 is 14.3 Å². The van der Waals surface area contributed by atoms with Crippen molar-refractivity contribution >= 4 is 55.1 Å². The highest BCUT2D eigenvalue weighted by molar-refractivity contribution is 7.27. The number of likely N-dealkylation sites (N-methyl/N-ethyl adjacent to an activating group) is 1. The van der Waals surface area contributed by atoms with Crippen LogP contribution in [0.2, 0.25) is 0 Å². The Balaban J connectivity index is 0.999. The van der Waals surface area contributed by atoms with Gasteiger partial charge in [-0.25, -0.2) is 14.8 Å². The first-order valence-electron chi connectivity index (χ1n) is 15.6. The number of hydrogen-bond donors (Lipinski definition) is 3. The molecule has 0 bridgehead atoms. The molecule has 10 nitrogen and oxygen atoms in total. The lowest BCUT2D eigenvalue weighted by molar-refractivity contribution is -0.131. The summed E-state index contributed by atoms with van der Waals surface area (Å²) in [5, 5.41) is 7.00. The number of nitrogens with zero attached hydrogens (tertiary/aromatic N) is 4. The molecule has 2 atom stereocenters. The van der Waals surface area contributed by atoms with Gasteiger partial charge in [-0.05, 0) is 48.7 Å². The van der Waals surface area contributed by atoms with Crippen molar-refractivity contribution in [2.45, 2.75) is 24.9 Å². The fourth-order valence-corrected chi connectivity index (χ4v) is 9.08. The molecule has 6 aromatic rings. The summed E-state index contributed by atoms with van der Waals surface area (Å²) >= 11 is 3.57. The number of likely N-dealkylation sites (tertiary alicyclic amines) is 1. The van der Waals surface area contributed by atoms with Gasteiger partial charge in [0.15, 0.2) is 0 Å². The fourth-order valence-electron chi connectivity index (χ4n) is 6.63. The largest absolute Gasteiger partial charge is 0.453 e. The minimum absolute atomic E-state index is 0.101. The molecule has 1 fully saturated rings. The maximum absolute atomic E-state index is 12.8. The number of carbonyl (C=O) groups is 2. The molecule has 3 N–H and O–H groups in total. The number of aromatic nitrogens is 4. The Hall–Kier alpha value is -4.78. The fraction of sp³-hybridized carbons (Fsp3) is 0.257. The summed E-state index contributed by atoms with van der Waals surface area (Å²) in [6.07, 6.45) is 7.30. The van der Waals surface area contributed by atoms with E-state index in [1.165, 1.54) is 38.8 Å². The van der Waals surface area contributed by atoms with E-state index in [1.54, 1.807) is 27.6 Å². The number of nitrogens with one attached hydrogen (secondary N) is 3. The number of H-pyrrole nitrogens is 2. The van der Waals surface area contributed by atoms with Gasteiger partial charge in [0, 0.05) is 35.0 Å². The molecule has 4 aromatic heterocycles. The van der Waals surface area contributed by atoms with Crippen LogP contribution < -0.4 is 5.32 Å². The number of thiophene rings is 2. The van der Waals surface area contributed by atoms with Crippen LogP contribution in [-0.2, 0) is 9.53 Å². The Morgan fingerprint density at radius 2 is 1.74 bits per heavy atom. The maximum Gasteiger partial charge on any atom is 0.407 e. The predicted molar refractivity (Wildman–Crippen MR) is 186 cm³/mol. The summed E-state index contributed by atoms with van der Waals surface area (Å²) in [7, 11) is 3.40. The van der Waals surface area contributed by atoms with Crippen LogP contribution in [0.15, 0.2) is 71.6 Å². The molecule has 1 saturated heterocycles. The molecule has 2 aliphatic heterocycles. The molecule has 2 unspecified atom stereocenters. The van der Waals surface area contributed by atoms with Crippen molar-refractivity contribution in [2.75, 3.05) is 33.8 Å². The minimum atomic E-state index is -0.619. The van der Waals surface area contributed by atoms with Gasteiger partial charge in [-0.3, -0.25) is 9.69 Å². The number of rotatable bonds is 7. The molecule has 6 heterocycles. The summed E-state index contributed by atoms with van der Waals surface area (Å²) in [6, 6.07) is 15.1. The van der Waals surface area contributed by atoms with Gasteiger partial charge in [-0.1, -0.05) is 42.5 Å². The number of imidazole rings is 2. The van der Waals surface area contributed by atoms with Crippen molar-refractivity contribution in [1.29, 1.82) is 0 Å². The molecular formula is C35H33N7O3S2. The second-order valence-corrected chi connectivity index (χ2v) is 13.7. The molecule has 0 aliphatic carbocycles. The predicted octanol–water partition coefficient (Wildman–Crippen LogP) is 7.13. The first-order valence-corrected chi connectivity index (χ1v) is 17.4. The zero-order valence-corrected chi connectivity index (χ0v) is 27.6. The van der Waals surface area contributed by atoms with E-state index >= 15 is 0 Å². The van der Waals surface area contributed by atoms with Crippen LogP contribution in [0, 0.1) is 0 Å². The van der Waals surface area contributed by atoms with Crippen LogP contribution in [0.4, 0.5) is 4.79 Å². The monoisotopic (exact) mass is 663 g/mol. The number of benzene rings is 2. The Labute approximate surface area is 279 Å². The van der Waals surface area contributed by atoms with Crippen LogP contribution in [0.5, 0.6) is 0 Å². The molecule has 0 radical (unpaired) electrons. The Bertz CT molecular complexity index is 2140. The van der Waals surface area contributed by atoms with E-state index in [0.29, 0.717) is 6.54 Å². The van der Waals surface area contributed by atoms with Gasteiger partial charge in [0.1, 0.15) is 18.2 Å². The number of alkyl carbamates (subject to hydrolysis) is 1. The molecule has 2 aromatic carbocycles. The van der Waals surface area contributed by atoms with Gasteiger partial charge in [-0.15, -0.1) is 22.7 Å². The van der Waals surface area contributed by atoms with Gasteiger partial charge in [0.05, 0.1) is 51.5 Å². The van der Waals surface area contributed by atoms with Crippen molar-refractivity contribution in [2.24, 2.45) is 0 Å². The lowest BCUT2D eigenvalue weighted by Crippen LogP contribution is -2.40. The van der Waals surface area contributed by atoms with Gasteiger partial charge in [0.2, 0.25) is 5.91 Å². The van der Waals surface area contributed by atoms with Crippen molar-refractivity contribution in [1.82, 2.24) is 35.1 Å². The number of amides is 2. The second kappa shape index (κ2) is 12.1. The average Bonchev–Trinajstić information content (AvgIpc) is 3.93. The topological polar surface area (TPSA) is 119 Å². The first-order chi connectivity index (χ1) is 23.0. The summed E-state index contributed by atoms with van der Waals surface area (Å²) in [5.74, 6) is 1.59. The molecule has 8 rings (SSSR count). The third-order valence-corrected chi connectivity index (χ3v) is 11.3. The highest BCUT2D eigenvalue weighted by Gasteiger charge is 2.32. The number of ether oxygens (including phenoxy) is 1. The normalized spacial score (nSPS) is 18.1. The van der Waals surface area contributed by atoms with Crippen molar-refractivity contribution in [3.05, 3.63) is 83.2 Å². The number of hydrogen-bond acceptors (Lipinski definition) is 8. The number of fused-ring (bicyclic) bond motifs is 2. The SMILES string of the molecule is COC(=O)NCC(=O)N1CCCC1c1ncc(-c2ccc(-c3csc4c(-c5ccc6nc(C7C=CCN7C)[nH]c6c5)csc34)cc2)[nH]1. The van der Waals surface area contributed by atoms with Gasteiger partial charge in [-0.2, -0.15) is 0 Å². The van der Waals surface area contributed by atoms with E-state index in [0.717, 1.165) is 53.3 Å². The molecule has 0 saturated carbocycles. The minimum Gasteiger partial charge on any atom is -0.453 e. The van der Waals surface area contributed by atoms with Crippen LogP contribution in [0.3, 0.4) is 0 Å². The maximum atomic E-state index is 12.8. The molecular weight excluding hydrogens is 631 g/mol. The van der Waals surface area contributed by atoms with E-state index in [4.69, 9.17) is 4.98 Å². The van der Waals surface area contributed by atoms with E-state index in [1.807, 2.05) is 6.20 Å².